The fourth-order valence-corrected chi connectivity index (χ4v) is 0.916. The molecule has 1 rings (SSSR count). The molecular weight excluding hydrogens is 157 g/mol. The van der Waals surface area contributed by atoms with Gasteiger partial charge in [0.25, 0.3) is 0 Å². The number of nitrogens with zero attached hydrogens (tertiary/aromatic N) is 1. The Morgan fingerprint density at radius 3 is 2.67 bits per heavy atom. The largest absolute Gasteiger partial charge is 0.497 e. The van der Waals surface area contributed by atoms with Crippen molar-refractivity contribution in [3.05, 3.63) is 18.0 Å². The summed E-state index contributed by atoms with van der Waals surface area (Å²) in [5.41, 5.74) is 1.05. The predicted octanol–water partition coefficient (Wildman–Crippen LogP) is -0.922. The highest BCUT2D eigenvalue weighted by Crippen LogP contribution is 2.07. The van der Waals surface area contributed by atoms with Crippen molar-refractivity contribution in [2.24, 2.45) is 0 Å². The summed E-state index contributed by atoms with van der Waals surface area (Å²) in [6.07, 6.45) is 1.39. The second kappa shape index (κ2) is 3.56. The molecule has 0 aromatic carbocycles. The molecule has 0 aliphatic heterocycles. The number of aryl methyl sites for hydroxylation is 1. The van der Waals surface area contributed by atoms with Crippen LogP contribution in [0.1, 0.15) is 5.69 Å². The Morgan fingerprint density at radius 1 is 1.50 bits per heavy atom. The number of methoxy groups -OCH3 is 1. The lowest BCUT2D eigenvalue weighted by molar-refractivity contribution is 0.402. The van der Waals surface area contributed by atoms with Crippen LogP contribution in [0.4, 0.5) is 0 Å². The summed E-state index contributed by atoms with van der Waals surface area (Å²) in [4.78, 5) is 3.91. The number of hydrogen-bond acceptors (Lipinski definition) is 4. The first-order chi connectivity index (χ1) is 5.65. The average molecular weight is 167 g/mol. The van der Waals surface area contributed by atoms with Crippen LogP contribution in [0.2, 0.25) is 0 Å². The highest BCUT2D eigenvalue weighted by Gasteiger charge is 2.16. The third-order valence-corrected chi connectivity index (χ3v) is 1.53. The zero-order valence-corrected chi connectivity index (χ0v) is 6.98. The Balaban J connectivity index is 3.11. The van der Waals surface area contributed by atoms with Crippen molar-refractivity contribution >= 4 is 12.6 Å². The lowest BCUT2D eigenvalue weighted by atomic mass is 9.81. The monoisotopic (exact) mass is 167 g/mol. The molecule has 0 saturated carbocycles. The van der Waals surface area contributed by atoms with E-state index >= 15 is 0 Å². The zero-order chi connectivity index (χ0) is 9.14. The molecule has 1 aromatic heterocycles. The molecule has 2 N–H and O–H groups in total. The van der Waals surface area contributed by atoms with Crippen molar-refractivity contribution in [3.63, 3.8) is 0 Å². The topological polar surface area (TPSA) is 62.6 Å². The van der Waals surface area contributed by atoms with Gasteiger partial charge in [0.05, 0.1) is 7.11 Å². The summed E-state index contributed by atoms with van der Waals surface area (Å²) in [5, 5.41) is 17.7. The molecule has 0 radical (unpaired) electrons. The van der Waals surface area contributed by atoms with Crippen molar-refractivity contribution in [3.8, 4) is 5.75 Å². The van der Waals surface area contributed by atoms with E-state index in [1.807, 2.05) is 0 Å². The average Bonchev–Trinajstić information content (AvgIpc) is 2.03. The Bertz CT molecular complexity index is 277. The van der Waals surface area contributed by atoms with Crippen LogP contribution in [0.25, 0.3) is 0 Å². The Morgan fingerprint density at radius 2 is 2.17 bits per heavy atom. The maximum atomic E-state index is 8.86. The van der Waals surface area contributed by atoms with Gasteiger partial charge in [0.1, 0.15) is 5.75 Å². The van der Waals surface area contributed by atoms with E-state index in [2.05, 4.69) is 4.98 Å². The van der Waals surface area contributed by atoms with Gasteiger partial charge in [-0.1, -0.05) is 0 Å². The van der Waals surface area contributed by atoms with Gasteiger partial charge in [0.2, 0.25) is 0 Å². The lowest BCUT2D eigenvalue weighted by Crippen LogP contribution is -2.31. The maximum absolute atomic E-state index is 8.86. The van der Waals surface area contributed by atoms with E-state index in [-0.39, 0.29) is 5.46 Å². The fourth-order valence-electron chi connectivity index (χ4n) is 0.916. The standard InChI is InChI=1S/C7H10BNO3/c1-5-3-7(12-2)6(4-9-5)8(10)11/h3-4,10-11H,1-2H3. The maximum Gasteiger partial charge on any atom is 0.493 e. The first kappa shape index (κ1) is 9.03. The molecule has 0 fully saturated rings. The molecule has 64 valence electrons. The fraction of sp³-hybridized carbons (Fsp3) is 0.286. The van der Waals surface area contributed by atoms with Gasteiger partial charge < -0.3 is 14.8 Å². The van der Waals surface area contributed by atoms with Gasteiger partial charge in [-0.15, -0.1) is 0 Å². The van der Waals surface area contributed by atoms with Crippen LogP contribution < -0.4 is 10.2 Å². The van der Waals surface area contributed by atoms with Gasteiger partial charge in [0, 0.05) is 23.4 Å². The van der Waals surface area contributed by atoms with Gasteiger partial charge in [-0.3, -0.25) is 4.98 Å². The number of rotatable bonds is 2. The van der Waals surface area contributed by atoms with E-state index in [4.69, 9.17) is 14.8 Å². The molecule has 0 bridgehead atoms. The molecule has 5 heteroatoms. The summed E-state index contributed by atoms with van der Waals surface area (Å²) in [7, 11) is -0.0613. The van der Waals surface area contributed by atoms with E-state index in [0.29, 0.717) is 5.75 Å². The first-order valence-corrected chi connectivity index (χ1v) is 3.52. The summed E-state index contributed by atoms with van der Waals surface area (Å²) < 4.78 is 4.93. The minimum atomic E-state index is -1.53. The van der Waals surface area contributed by atoms with Crippen molar-refractivity contribution in [2.45, 2.75) is 6.92 Å². The van der Waals surface area contributed by atoms with Gasteiger partial charge in [0.15, 0.2) is 0 Å². The summed E-state index contributed by atoms with van der Waals surface area (Å²) in [6, 6.07) is 1.65. The minimum absolute atomic E-state index is 0.281. The molecule has 0 amide bonds. The second-order valence-corrected chi connectivity index (χ2v) is 2.44. The number of aromatic nitrogens is 1. The van der Waals surface area contributed by atoms with Crippen LogP contribution in [0.5, 0.6) is 5.75 Å². The van der Waals surface area contributed by atoms with Crippen LogP contribution >= 0.6 is 0 Å². The Hall–Kier alpha value is -1.07. The number of hydrogen-bond donors (Lipinski definition) is 2. The molecule has 4 nitrogen and oxygen atoms in total. The van der Waals surface area contributed by atoms with Crippen molar-refractivity contribution in [1.29, 1.82) is 0 Å². The molecule has 0 aliphatic carbocycles. The molecule has 0 unspecified atom stereocenters. The van der Waals surface area contributed by atoms with Crippen LogP contribution in [0.15, 0.2) is 12.3 Å². The van der Waals surface area contributed by atoms with E-state index in [9.17, 15) is 0 Å². The second-order valence-electron chi connectivity index (χ2n) is 2.44. The van der Waals surface area contributed by atoms with E-state index in [0.717, 1.165) is 5.69 Å². The van der Waals surface area contributed by atoms with Gasteiger partial charge in [-0.05, 0) is 6.92 Å². The van der Waals surface area contributed by atoms with Crippen molar-refractivity contribution < 1.29 is 14.8 Å². The summed E-state index contributed by atoms with van der Waals surface area (Å²) in [6.45, 7) is 1.80. The molecule has 0 spiro atoms. The Labute approximate surface area is 71.0 Å². The van der Waals surface area contributed by atoms with Crippen LogP contribution in [-0.2, 0) is 0 Å². The van der Waals surface area contributed by atoms with Gasteiger partial charge in [-0.25, -0.2) is 0 Å². The number of pyridine rings is 1. The normalized spacial score (nSPS) is 9.67. The van der Waals surface area contributed by atoms with E-state index in [1.165, 1.54) is 13.3 Å². The first-order valence-electron chi connectivity index (χ1n) is 3.52. The van der Waals surface area contributed by atoms with Crippen molar-refractivity contribution in [1.82, 2.24) is 4.98 Å². The molecule has 1 heterocycles. The van der Waals surface area contributed by atoms with Gasteiger partial charge >= 0.3 is 7.12 Å². The smallest absolute Gasteiger partial charge is 0.493 e. The molecular formula is C7H10BNO3. The molecule has 0 aliphatic rings. The third-order valence-electron chi connectivity index (χ3n) is 1.53. The molecule has 0 saturated heterocycles. The Kier molecular flexibility index (Phi) is 2.67. The van der Waals surface area contributed by atoms with Crippen LogP contribution in [-0.4, -0.2) is 29.3 Å². The molecule has 1 aromatic rings. The zero-order valence-electron chi connectivity index (χ0n) is 6.98. The third kappa shape index (κ3) is 1.75. The number of ether oxygens (including phenoxy) is 1. The molecule has 12 heavy (non-hydrogen) atoms. The highest BCUT2D eigenvalue weighted by atomic mass is 16.5. The van der Waals surface area contributed by atoms with Gasteiger partial charge in [-0.2, -0.15) is 0 Å². The SMILES string of the molecule is COc1cc(C)ncc1B(O)O. The highest BCUT2D eigenvalue weighted by molar-refractivity contribution is 6.59. The predicted molar refractivity (Wildman–Crippen MR) is 45.4 cm³/mol. The van der Waals surface area contributed by atoms with E-state index < -0.39 is 7.12 Å². The lowest BCUT2D eigenvalue weighted by Gasteiger charge is -2.06. The summed E-state index contributed by atoms with van der Waals surface area (Å²) >= 11 is 0. The van der Waals surface area contributed by atoms with Crippen LogP contribution in [0, 0.1) is 6.92 Å². The van der Waals surface area contributed by atoms with Crippen LogP contribution in [0.3, 0.4) is 0 Å². The van der Waals surface area contributed by atoms with E-state index in [1.54, 1.807) is 13.0 Å². The molecule has 0 atom stereocenters. The van der Waals surface area contributed by atoms with Crippen molar-refractivity contribution in [2.75, 3.05) is 7.11 Å². The quantitative estimate of drug-likeness (QED) is 0.559. The minimum Gasteiger partial charge on any atom is -0.497 e. The summed E-state index contributed by atoms with van der Waals surface area (Å²) in [5.74, 6) is 0.442.